The molecule has 1 aliphatic rings. The van der Waals surface area contributed by atoms with Crippen LogP contribution in [0.15, 0.2) is 42.5 Å². The standard InChI is InChI=1S/C20H21F3N2O2/c21-16-5-3-6-17(22)15(16)12-27-14-10-8-13(9-11-14)24-20(26)25-19-7-2-1-4-18(19)23/h1-7,13-14H,8-12H2,(H2,24,25,26)/t13-,14-. The minimum atomic E-state index is -0.616. The normalized spacial score (nSPS) is 19.5. The molecule has 0 unspecified atom stereocenters. The second kappa shape index (κ2) is 8.90. The van der Waals surface area contributed by atoms with Crippen LogP contribution < -0.4 is 10.6 Å². The summed E-state index contributed by atoms with van der Waals surface area (Å²) in [7, 11) is 0. The Bertz CT molecular complexity index is 772. The van der Waals surface area contributed by atoms with Crippen molar-refractivity contribution in [2.24, 2.45) is 0 Å². The van der Waals surface area contributed by atoms with Crippen molar-refractivity contribution in [3.63, 3.8) is 0 Å². The summed E-state index contributed by atoms with van der Waals surface area (Å²) in [6, 6.07) is 9.16. The van der Waals surface area contributed by atoms with Gasteiger partial charge in [0, 0.05) is 11.6 Å². The minimum Gasteiger partial charge on any atom is -0.373 e. The number of hydrogen-bond donors (Lipinski definition) is 2. The van der Waals surface area contributed by atoms with E-state index in [-0.39, 0.29) is 30.0 Å². The number of benzene rings is 2. The van der Waals surface area contributed by atoms with Crippen LogP contribution in [0.2, 0.25) is 0 Å². The Balaban J connectivity index is 1.42. The highest BCUT2D eigenvalue weighted by Crippen LogP contribution is 2.24. The van der Waals surface area contributed by atoms with Gasteiger partial charge in [0.1, 0.15) is 17.5 Å². The number of ether oxygens (including phenoxy) is 1. The Morgan fingerprint density at radius 3 is 2.22 bits per heavy atom. The maximum Gasteiger partial charge on any atom is 0.319 e. The molecule has 0 aromatic heterocycles. The monoisotopic (exact) mass is 378 g/mol. The molecule has 0 bridgehead atoms. The van der Waals surface area contributed by atoms with Crippen molar-refractivity contribution in [3.8, 4) is 0 Å². The van der Waals surface area contributed by atoms with Crippen molar-refractivity contribution in [1.29, 1.82) is 0 Å². The van der Waals surface area contributed by atoms with E-state index >= 15 is 0 Å². The Morgan fingerprint density at radius 1 is 0.926 bits per heavy atom. The number of halogens is 3. The average molecular weight is 378 g/mol. The van der Waals surface area contributed by atoms with Crippen LogP contribution in [0.4, 0.5) is 23.7 Å². The molecule has 1 fully saturated rings. The summed E-state index contributed by atoms with van der Waals surface area (Å²) >= 11 is 0. The van der Waals surface area contributed by atoms with E-state index in [0.29, 0.717) is 25.7 Å². The molecule has 2 amide bonds. The molecule has 4 nitrogen and oxygen atoms in total. The maximum atomic E-state index is 13.6. The van der Waals surface area contributed by atoms with Gasteiger partial charge >= 0.3 is 6.03 Å². The molecule has 0 radical (unpaired) electrons. The van der Waals surface area contributed by atoms with Gasteiger partial charge in [0.2, 0.25) is 0 Å². The summed E-state index contributed by atoms with van der Waals surface area (Å²) < 4.78 is 46.4. The lowest BCUT2D eigenvalue weighted by atomic mass is 9.93. The predicted molar refractivity (Wildman–Crippen MR) is 95.7 cm³/mol. The van der Waals surface area contributed by atoms with Crippen molar-refractivity contribution in [1.82, 2.24) is 5.32 Å². The van der Waals surface area contributed by atoms with Gasteiger partial charge in [-0.15, -0.1) is 0 Å². The Kier molecular flexibility index (Phi) is 6.34. The summed E-state index contributed by atoms with van der Waals surface area (Å²) in [5, 5.41) is 5.30. The van der Waals surface area contributed by atoms with Crippen LogP contribution in [0.3, 0.4) is 0 Å². The van der Waals surface area contributed by atoms with Crippen molar-refractivity contribution in [2.75, 3.05) is 5.32 Å². The van der Waals surface area contributed by atoms with Crippen LogP contribution in [0.5, 0.6) is 0 Å². The molecule has 0 atom stereocenters. The quantitative estimate of drug-likeness (QED) is 0.789. The van der Waals surface area contributed by atoms with Crippen LogP contribution in [-0.4, -0.2) is 18.2 Å². The van der Waals surface area contributed by atoms with Gasteiger partial charge in [-0.3, -0.25) is 0 Å². The van der Waals surface area contributed by atoms with E-state index in [1.54, 1.807) is 12.1 Å². The number of carbonyl (C=O) groups excluding carboxylic acids is 1. The van der Waals surface area contributed by atoms with Gasteiger partial charge in [-0.1, -0.05) is 18.2 Å². The summed E-state index contributed by atoms with van der Waals surface area (Å²) in [5.74, 6) is -1.73. The SMILES string of the molecule is O=C(Nc1ccccc1F)N[C@H]1CC[C@H](OCc2c(F)cccc2F)CC1. The fraction of sp³-hybridized carbons (Fsp3) is 0.350. The highest BCUT2D eigenvalue weighted by Gasteiger charge is 2.24. The second-order valence-corrected chi connectivity index (χ2v) is 6.56. The largest absolute Gasteiger partial charge is 0.373 e. The van der Waals surface area contributed by atoms with E-state index in [1.165, 1.54) is 30.3 Å². The van der Waals surface area contributed by atoms with Crippen LogP contribution in [-0.2, 0) is 11.3 Å². The fourth-order valence-corrected chi connectivity index (χ4v) is 3.15. The average Bonchev–Trinajstić information content (AvgIpc) is 2.64. The van der Waals surface area contributed by atoms with Crippen LogP contribution in [0, 0.1) is 17.5 Å². The number of anilines is 1. The van der Waals surface area contributed by atoms with E-state index < -0.39 is 23.5 Å². The first-order chi connectivity index (χ1) is 13.0. The lowest BCUT2D eigenvalue weighted by molar-refractivity contribution is 0.00964. The van der Waals surface area contributed by atoms with Gasteiger partial charge in [-0.2, -0.15) is 0 Å². The molecule has 0 aliphatic heterocycles. The molecule has 0 heterocycles. The Labute approximate surface area is 155 Å². The van der Waals surface area contributed by atoms with E-state index in [4.69, 9.17) is 4.74 Å². The zero-order valence-electron chi connectivity index (χ0n) is 14.7. The highest BCUT2D eigenvalue weighted by atomic mass is 19.1. The van der Waals surface area contributed by atoms with Crippen LogP contribution in [0.1, 0.15) is 31.2 Å². The fourth-order valence-electron chi connectivity index (χ4n) is 3.15. The zero-order valence-corrected chi connectivity index (χ0v) is 14.7. The topological polar surface area (TPSA) is 50.4 Å². The van der Waals surface area contributed by atoms with Gasteiger partial charge in [0.25, 0.3) is 0 Å². The van der Waals surface area contributed by atoms with Gasteiger partial charge in [-0.25, -0.2) is 18.0 Å². The molecule has 1 aliphatic carbocycles. The van der Waals surface area contributed by atoms with Crippen LogP contribution >= 0.6 is 0 Å². The Hall–Kier alpha value is -2.54. The molecule has 144 valence electrons. The molecule has 2 aromatic rings. The lowest BCUT2D eigenvalue weighted by Crippen LogP contribution is -2.41. The molecule has 0 spiro atoms. The molecular weight excluding hydrogens is 357 g/mol. The van der Waals surface area contributed by atoms with Gasteiger partial charge in [0.05, 0.1) is 18.4 Å². The first kappa shape index (κ1) is 19.2. The number of rotatable bonds is 5. The molecule has 7 heteroatoms. The number of carbonyl (C=O) groups is 1. The van der Waals surface area contributed by atoms with Crippen molar-refractivity contribution >= 4 is 11.7 Å². The number of nitrogens with one attached hydrogen (secondary N) is 2. The van der Waals surface area contributed by atoms with Crippen molar-refractivity contribution in [3.05, 3.63) is 65.5 Å². The van der Waals surface area contributed by atoms with Gasteiger partial charge in [-0.05, 0) is 49.9 Å². The molecule has 27 heavy (non-hydrogen) atoms. The first-order valence-electron chi connectivity index (χ1n) is 8.89. The van der Waals surface area contributed by atoms with Crippen molar-refractivity contribution < 1.29 is 22.7 Å². The van der Waals surface area contributed by atoms with Crippen molar-refractivity contribution in [2.45, 2.75) is 44.4 Å². The summed E-state index contributed by atoms with van der Waals surface area (Å²) in [6.45, 7) is -0.116. The molecule has 0 saturated heterocycles. The van der Waals surface area contributed by atoms with Gasteiger partial charge < -0.3 is 15.4 Å². The molecule has 2 N–H and O–H groups in total. The maximum absolute atomic E-state index is 13.6. The molecule has 1 saturated carbocycles. The molecular formula is C20H21F3N2O2. The summed E-state index contributed by atoms with van der Waals surface area (Å²) in [5.41, 5.74) is 0.0564. The molecule has 3 rings (SSSR count). The third-order valence-corrected chi connectivity index (χ3v) is 4.66. The number of hydrogen-bond acceptors (Lipinski definition) is 2. The van der Waals surface area contributed by atoms with E-state index in [9.17, 15) is 18.0 Å². The number of para-hydroxylation sites is 1. The predicted octanol–water partition coefficient (Wildman–Crippen LogP) is 4.75. The molecule has 2 aromatic carbocycles. The third kappa shape index (κ3) is 5.23. The Morgan fingerprint density at radius 2 is 1.56 bits per heavy atom. The zero-order chi connectivity index (χ0) is 19.2. The van der Waals surface area contributed by atoms with Crippen LogP contribution in [0.25, 0.3) is 0 Å². The van der Waals surface area contributed by atoms with Gasteiger partial charge in [0.15, 0.2) is 0 Å². The third-order valence-electron chi connectivity index (χ3n) is 4.66. The van der Waals surface area contributed by atoms with E-state index in [0.717, 1.165) is 0 Å². The smallest absolute Gasteiger partial charge is 0.319 e. The van der Waals surface area contributed by atoms with E-state index in [2.05, 4.69) is 10.6 Å². The second-order valence-electron chi connectivity index (χ2n) is 6.56. The highest BCUT2D eigenvalue weighted by molar-refractivity contribution is 5.89. The number of amides is 2. The summed E-state index contributed by atoms with van der Waals surface area (Å²) in [4.78, 5) is 12.0. The first-order valence-corrected chi connectivity index (χ1v) is 8.89. The lowest BCUT2D eigenvalue weighted by Gasteiger charge is -2.29. The minimum absolute atomic E-state index is 0.0539. The summed E-state index contributed by atoms with van der Waals surface area (Å²) in [6.07, 6.45) is 2.57. The number of urea groups is 1. The van der Waals surface area contributed by atoms with E-state index in [1.807, 2.05) is 0 Å².